The van der Waals surface area contributed by atoms with Crippen molar-refractivity contribution in [1.29, 1.82) is 0 Å². The Morgan fingerprint density at radius 3 is 2.88 bits per heavy atom. The van der Waals surface area contributed by atoms with E-state index in [1.54, 1.807) is 0 Å². The summed E-state index contributed by atoms with van der Waals surface area (Å²) in [4.78, 5) is 0. The van der Waals surface area contributed by atoms with Crippen LogP contribution in [0.4, 0.5) is 0 Å². The van der Waals surface area contributed by atoms with Crippen LogP contribution in [0.25, 0.3) is 10.9 Å². The summed E-state index contributed by atoms with van der Waals surface area (Å²) >= 11 is 3.48. The lowest BCUT2D eigenvalue weighted by molar-refractivity contribution is 0.367. The number of halogens is 1. The number of aromatic nitrogens is 2. The molecule has 2 aromatic rings. The molecule has 1 aromatic carbocycles. The van der Waals surface area contributed by atoms with Gasteiger partial charge >= 0.3 is 0 Å². The highest BCUT2D eigenvalue weighted by Gasteiger charge is 2.16. The number of benzene rings is 1. The zero-order chi connectivity index (χ0) is 11.0. The quantitative estimate of drug-likeness (QED) is 0.767. The van der Waals surface area contributed by atoms with Crippen LogP contribution >= 0.6 is 15.9 Å². The van der Waals surface area contributed by atoms with Gasteiger partial charge in [-0.25, -0.2) is 0 Å². The van der Waals surface area contributed by atoms with Gasteiger partial charge in [0, 0.05) is 16.1 Å². The topological polar surface area (TPSA) is 17.8 Å². The van der Waals surface area contributed by atoms with E-state index in [9.17, 15) is 0 Å². The summed E-state index contributed by atoms with van der Waals surface area (Å²) in [6.07, 6.45) is 9.48. The molecular formula is C13H14BrN2. The highest BCUT2D eigenvalue weighted by molar-refractivity contribution is 9.10. The Morgan fingerprint density at radius 2 is 2.06 bits per heavy atom. The zero-order valence-corrected chi connectivity index (χ0v) is 10.7. The summed E-state index contributed by atoms with van der Waals surface area (Å²) in [5, 5.41) is 5.90. The summed E-state index contributed by atoms with van der Waals surface area (Å²) < 4.78 is 3.26. The largest absolute Gasteiger partial charge is 0.268 e. The van der Waals surface area contributed by atoms with Gasteiger partial charge in [0.15, 0.2) is 0 Å². The molecule has 1 aromatic heterocycles. The van der Waals surface area contributed by atoms with Crippen molar-refractivity contribution in [3.8, 4) is 0 Å². The molecule has 83 valence electrons. The summed E-state index contributed by atoms with van der Waals surface area (Å²) in [7, 11) is 0. The van der Waals surface area contributed by atoms with Crippen molar-refractivity contribution in [2.24, 2.45) is 0 Å². The molecule has 3 rings (SSSR count). The van der Waals surface area contributed by atoms with Gasteiger partial charge in [0.05, 0.1) is 11.6 Å². The molecule has 1 heterocycles. The Labute approximate surface area is 104 Å². The summed E-state index contributed by atoms with van der Waals surface area (Å²) in [5.74, 6) is 0. The predicted molar refractivity (Wildman–Crippen MR) is 69.2 cm³/mol. The molecule has 16 heavy (non-hydrogen) atoms. The van der Waals surface area contributed by atoms with E-state index in [0.717, 1.165) is 9.99 Å². The van der Waals surface area contributed by atoms with E-state index < -0.39 is 0 Å². The number of nitrogens with zero attached hydrogens (tertiary/aromatic N) is 2. The summed E-state index contributed by atoms with van der Waals surface area (Å²) in [6.45, 7) is 0. The zero-order valence-electron chi connectivity index (χ0n) is 9.06. The van der Waals surface area contributed by atoms with Crippen molar-refractivity contribution in [1.82, 2.24) is 9.78 Å². The van der Waals surface area contributed by atoms with Crippen molar-refractivity contribution in [3.63, 3.8) is 0 Å². The van der Waals surface area contributed by atoms with Gasteiger partial charge in [0.25, 0.3) is 0 Å². The van der Waals surface area contributed by atoms with Crippen molar-refractivity contribution in [2.75, 3.05) is 0 Å². The van der Waals surface area contributed by atoms with Crippen LogP contribution < -0.4 is 0 Å². The first-order valence-corrected chi connectivity index (χ1v) is 6.58. The molecule has 1 radical (unpaired) electrons. The first-order chi connectivity index (χ1) is 7.83. The molecule has 1 aliphatic rings. The second kappa shape index (κ2) is 4.21. The maximum Gasteiger partial charge on any atom is 0.0934 e. The van der Waals surface area contributed by atoms with Crippen molar-refractivity contribution >= 4 is 26.8 Å². The Morgan fingerprint density at radius 1 is 1.25 bits per heavy atom. The first kappa shape index (κ1) is 10.3. The number of rotatable bonds is 1. The summed E-state index contributed by atoms with van der Waals surface area (Å²) in [6, 6.07) is 6.87. The number of fused-ring (bicyclic) bond motifs is 1. The van der Waals surface area contributed by atoms with Gasteiger partial charge in [0.1, 0.15) is 0 Å². The molecule has 1 aliphatic carbocycles. The molecule has 0 spiro atoms. The van der Waals surface area contributed by atoms with E-state index in [0.29, 0.717) is 6.04 Å². The average molecular weight is 278 g/mol. The van der Waals surface area contributed by atoms with Crippen LogP contribution in [-0.2, 0) is 0 Å². The minimum Gasteiger partial charge on any atom is -0.268 e. The van der Waals surface area contributed by atoms with Gasteiger partial charge in [-0.15, -0.1) is 0 Å². The smallest absolute Gasteiger partial charge is 0.0934 e. The molecule has 1 fully saturated rings. The van der Waals surface area contributed by atoms with Gasteiger partial charge in [-0.05, 0) is 44.2 Å². The third kappa shape index (κ3) is 1.88. The third-order valence-corrected chi connectivity index (χ3v) is 3.76. The normalized spacial score (nSPS) is 18.1. The van der Waals surface area contributed by atoms with Gasteiger partial charge < -0.3 is 0 Å². The second-order valence-corrected chi connectivity index (χ2v) is 5.33. The van der Waals surface area contributed by atoms with Crippen molar-refractivity contribution in [2.45, 2.75) is 31.7 Å². The molecular weight excluding hydrogens is 264 g/mol. The first-order valence-electron chi connectivity index (χ1n) is 5.79. The standard InChI is InChI=1S/C13H14BrN2/c14-11-7-6-10-9-16(15-13(10)8-11)12-4-2-1-3-5-12/h1,6-9,12H,2-5H2. The Hall–Kier alpha value is -0.830. The molecule has 1 saturated carbocycles. The molecule has 0 saturated heterocycles. The lowest BCUT2D eigenvalue weighted by Gasteiger charge is -2.21. The highest BCUT2D eigenvalue weighted by atomic mass is 79.9. The third-order valence-electron chi connectivity index (χ3n) is 3.27. The van der Waals surface area contributed by atoms with Gasteiger partial charge in [-0.3, -0.25) is 4.68 Å². The van der Waals surface area contributed by atoms with Gasteiger partial charge in [0.2, 0.25) is 0 Å². The number of hydrogen-bond acceptors (Lipinski definition) is 1. The molecule has 0 amide bonds. The predicted octanol–water partition coefficient (Wildman–Crippen LogP) is 4.12. The van der Waals surface area contributed by atoms with E-state index in [-0.39, 0.29) is 0 Å². The van der Waals surface area contributed by atoms with E-state index in [1.165, 1.54) is 31.1 Å². The second-order valence-electron chi connectivity index (χ2n) is 4.41. The molecule has 0 aliphatic heterocycles. The van der Waals surface area contributed by atoms with Crippen molar-refractivity contribution < 1.29 is 0 Å². The molecule has 0 unspecified atom stereocenters. The molecule has 0 bridgehead atoms. The van der Waals surface area contributed by atoms with E-state index >= 15 is 0 Å². The molecule has 0 N–H and O–H groups in total. The van der Waals surface area contributed by atoms with Gasteiger partial charge in [-0.1, -0.05) is 22.0 Å². The maximum absolute atomic E-state index is 4.67. The molecule has 0 atom stereocenters. The Balaban J connectivity index is 1.97. The van der Waals surface area contributed by atoms with Crippen LogP contribution in [0.3, 0.4) is 0 Å². The van der Waals surface area contributed by atoms with Crippen LogP contribution in [0, 0.1) is 6.42 Å². The lowest BCUT2D eigenvalue weighted by atomic mass is 9.96. The van der Waals surface area contributed by atoms with Crippen LogP contribution in [0.1, 0.15) is 31.7 Å². The SMILES string of the molecule is Brc1ccc2cn(C3CC[CH]CC3)nc2c1. The minimum absolute atomic E-state index is 0.594. The van der Waals surface area contributed by atoms with Crippen molar-refractivity contribution in [3.05, 3.63) is 35.3 Å². The van der Waals surface area contributed by atoms with Crippen LogP contribution in [0.5, 0.6) is 0 Å². The lowest BCUT2D eigenvalue weighted by Crippen LogP contribution is -2.13. The van der Waals surface area contributed by atoms with E-state index in [4.69, 9.17) is 0 Å². The molecule has 2 nitrogen and oxygen atoms in total. The monoisotopic (exact) mass is 277 g/mol. The fourth-order valence-electron chi connectivity index (χ4n) is 2.37. The summed E-state index contributed by atoms with van der Waals surface area (Å²) in [5.41, 5.74) is 1.09. The van der Waals surface area contributed by atoms with E-state index in [1.807, 2.05) is 0 Å². The Kier molecular flexibility index (Phi) is 2.72. The fourth-order valence-corrected chi connectivity index (χ4v) is 2.72. The van der Waals surface area contributed by atoms with Crippen LogP contribution in [0.15, 0.2) is 28.9 Å². The highest BCUT2D eigenvalue weighted by Crippen LogP contribution is 2.28. The maximum atomic E-state index is 4.67. The minimum atomic E-state index is 0.594. The van der Waals surface area contributed by atoms with Gasteiger partial charge in [-0.2, -0.15) is 5.10 Å². The van der Waals surface area contributed by atoms with E-state index in [2.05, 4.69) is 56.5 Å². The fraction of sp³-hybridized carbons (Fsp3) is 0.385. The number of hydrogen-bond donors (Lipinski definition) is 0. The van der Waals surface area contributed by atoms with Crippen LogP contribution in [-0.4, -0.2) is 9.78 Å². The van der Waals surface area contributed by atoms with Crippen LogP contribution in [0.2, 0.25) is 0 Å². The molecule has 3 heteroatoms. The Bertz CT molecular complexity index is 498. The average Bonchev–Trinajstić information content (AvgIpc) is 2.73.